The van der Waals surface area contributed by atoms with Gasteiger partial charge < -0.3 is 5.73 Å². The zero-order valence-electron chi connectivity index (χ0n) is 10.1. The molecular weight excluding hydrogens is 294 g/mol. The van der Waals surface area contributed by atoms with E-state index < -0.39 is 29.3 Å². The Morgan fingerprint density at radius 3 is 2.25 bits per heavy atom. The van der Waals surface area contributed by atoms with E-state index in [1.165, 1.54) is 6.07 Å². The van der Waals surface area contributed by atoms with Crippen molar-refractivity contribution in [2.75, 3.05) is 0 Å². The van der Waals surface area contributed by atoms with Crippen molar-refractivity contribution in [3.8, 4) is 0 Å². The van der Waals surface area contributed by atoms with Crippen LogP contribution in [0.4, 0.5) is 17.6 Å². The minimum absolute atomic E-state index is 0.0369. The highest BCUT2D eigenvalue weighted by Gasteiger charge is 2.16. The van der Waals surface area contributed by atoms with Crippen LogP contribution in [0.2, 0.25) is 5.02 Å². The molecular formula is C14H10ClF4N. The van der Waals surface area contributed by atoms with E-state index >= 15 is 0 Å². The Kier molecular flexibility index (Phi) is 4.30. The topological polar surface area (TPSA) is 26.0 Å². The lowest BCUT2D eigenvalue weighted by atomic mass is 9.99. The Hall–Kier alpha value is -1.59. The van der Waals surface area contributed by atoms with Gasteiger partial charge in [-0.15, -0.1) is 0 Å². The third kappa shape index (κ3) is 3.11. The second kappa shape index (κ2) is 5.81. The first kappa shape index (κ1) is 14.8. The maximum atomic E-state index is 13.7. The first-order valence-electron chi connectivity index (χ1n) is 5.72. The molecule has 0 fully saturated rings. The summed E-state index contributed by atoms with van der Waals surface area (Å²) in [6.45, 7) is 0. The lowest BCUT2D eigenvalue weighted by Gasteiger charge is -2.14. The van der Waals surface area contributed by atoms with E-state index in [4.69, 9.17) is 17.3 Å². The molecule has 2 aromatic rings. The third-order valence-electron chi connectivity index (χ3n) is 2.88. The summed E-state index contributed by atoms with van der Waals surface area (Å²) in [6, 6.07) is 4.10. The zero-order chi connectivity index (χ0) is 14.9. The molecule has 1 unspecified atom stereocenters. The van der Waals surface area contributed by atoms with Crippen LogP contribution in [0.3, 0.4) is 0 Å². The Morgan fingerprint density at radius 1 is 0.900 bits per heavy atom. The Bertz CT molecular complexity index is 645. The molecule has 0 bridgehead atoms. The predicted molar refractivity (Wildman–Crippen MR) is 68.4 cm³/mol. The van der Waals surface area contributed by atoms with Crippen LogP contribution in [0.15, 0.2) is 30.3 Å². The summed E-state index contributed by atoms with van der Waals surface area (Å²) >= 11 is 5.44. The number of hydrogen-bond acceptors (Lipinski definition) is 1. The normalized spacial score (nSPS) is 12.5. The van der Waals surface area contributed by atoms with Gasteiger partial charge in [0.25, 0.3) is 0 Å². The highest BCUT2D eigenvalue weighted by molar-refractivity contribution is 6.30. The van der Waals surface area contributed by atoms with Gasteiger partial charge in [0.15, 0.2) is 11.6 Å². The minimum Gasteiger partial charge on any atom is -0.324 e. The van der Waals surface area contributed by atoms with Crippen LogP contribution in [0.5, 0.6) is 0 Å². The van der Waals surface area contributed by atoms with Crippen LogP contribution >= 0.6 is 11.6 Å². The van der Waals surface area contributed by atoms with Crippen molar-refractivity contribution in [3.05, 3.63) is 69.8 Å². The van der Waals surface area contributed by atoms with Gasteiger partial charge in [-0.25, -0.2) is 17.6 Å². The summed E-state index contributed by atoms with van der Waals surface area (Å²) < 4.78 is 52.8. The standard InChI is InChI=1S/C14H10ClF4N/c15-9-6-11(17)8(5-12(9)18)14(20)4-7-1-2-10(16)13(19)3-7/h1-3,5-6,14H,4,20H2. The third-order valence-corrected chi connectivity index (χ3v) is 3.17. The van der Waals surface area contributed by atoms with Crippen LogP contribution < -0.4 is 5.73 Å². The van der Waals surface area contributed by atoms with Gasteiger partial charge in [-0.2, -0.15) is 0 Å². The molecule has 106 valence electrons. The van der Waals surface area contributed by atoms with Crippen molar-refractivity contribution in [2.45, 2.75) is 12.5 Å². The van der Waals surface area contributed by atoms with Crippen molar-refractivity contribution < 1.29 is 17.6 Å². The average Bonchev–Trinajstić information content (AvgIpc) is 2.38. The van der Waals surface area contributed by atoms with E-state index in [0.717, 1.165) is 24.3 Å². The molecule has 0 saturated carbocycles. The predicted octanol–water partition coefficient (Wildman–Crippen LogP) is 4.14. The summed E-state index contributed by atoms with van der Waals surface area (Å²) in [5.41, 5.74) is 6.08. The van der Waals surface area contributed by atoms with Crippen molar-refractivity contribution in [3.63, 3.8) is 0 Å². The molecule has 0 radical (unpaired) electrons. The molecule has 0 aromatic heterocycles. The summed E-state index contributed by atoms with van der Waals surface area (Å²) in [7, 11) is 0. The Balaban J connectivity index is 2.25. The molecule has 0 aliphatic heterocycles. The van der Waals surface area contributed by atoms with Crippen molar-refractivity contribution >= 4 is 11.6 Å². The molecule has 0 amide bonds. The first-order valence-corrected chi connectivity index (χ1v) is 6.10. The van der Waals surface area contributed by atoms with E-state index in [1.54, 1.807) is 0 Å². The molecule has 0 saturated heterocycles. The zero-order valence-corrected chi connectivity index (χ0v) is 10.9. The Morgan fingerprint density at radius 2 is 1.60 bits per heavy atom. The maximum absolute atomic E-state index is 13.7. The molecule has 0 aliphatic carbocycles. The number of rotatable bonds is 3. The van der Waals surface area contributed by atoms with Gasteiger partial charge in [0, 0.05) is 11.6 Å². The fourth-order valence-electron chi connectivity index (χ4n) is 1.85. The molecule has 2 rings (SSSR count). The smallest absolute Gasteiger partial charge is 0.159 e. The van der Waals surface area contributed by atoms with Crippen molar-refractivity contribution in [2.24, 2.45) is 5.73 Å². The van der Waals surface area contributed by atoms with E-state index in [2.05, 4.69) is 0 Å². The molecule has 1 nitrogen and oxygen atoms in total. The SMILES string of the molecule is NC(Cc1ccc(F)c(F)c1)c1cc(F)c(Cl)cc1F. The van der Waals surface area contributed by atoms with E-state index in [-0.39, 0.29) is 17.0 Å². The van der Waals surface area contributed by atoms with Gasteiger partial charge in [-0.3, -0.25) is 0 Å². The number of nitrogens with two attached hydrogens (primary N) is 1. The molecule has 2 aromatic carbocycles. The molecule has 20 heavy (non-hydrogen) atoms. The van der Waals surface area contributed by atoms with Crippen LogP contribution in [-0.2, 0) is 6.42 Å². The van der Waals surface area contributed by atoms with E-state index in [0.29, 0.717) is 5.56 Å². The monoisotopic (exact) mass is 303 g/mol. The minimum atomic E-state index is -1.02. The molecule has 0 spiro atoms. The highest BCUT2D eigenvalue weighted by Crippen LogP contribution is 2.25. The van der Waals surface area contributed by atoms with Gasteiger partial charge in [0.2, 0.25) is 0 Å². The van der Waals surface area contributed by atoms with Crippen LogP contribution in [-0.4, -0.2) is 0 Å². The fraction of sp³-hybridized carbons (Fsp3) is 0.143. The largest absolute Gasteiger partial charge is 0.324 e. The second-order valence-electron chi connectivity index (χ2n) is 4.35. The van der Waals surface area contributed by atoms with Crippen LogP contribution in [0.25, 0.3) is 0 Å². The summed E-state index contributed by atoms with van der Waals surface area (Å²) in [4.78, 5) is 0. The average molecular weight is 304 g/mol. The molecule has 0 aliphatic rings. The van der Waals surface area contributed by atoms with Gasteiger partial charge in [-0.05, 0) is 36.2 Å². The molecule has 2 N–H and O–H groups in total. The van der Waals surface area contributed by atoms with Gasteiger partial charge in [0.1, 0.15) is 11.6 Å². The van der Waals surface area contributed by atoms with E-state index in [9.17, 15) is 17.6 Å². The number of halogens is 5. The van der Waals surface area contributed by atoms with Gasteiger partial charge in [-0.1, -0.05) is 17.7 Å². The molecule has 0 heterocycles. The van der Waals surface area contributed by atoms with Gasteiger partial charge in [0.05, 0.1) is 5.02 Å². The van der Waals surface area contributed by atoms with Crippen molar-refractivity contribution in [1.82, 2.24) is 0 Å². The maximum Gasteiger partial charge on any atom is 0.159 e. The highest BCUT2D eigenvalue weighted by atomic mass is 35.5. The van der Waals surface area contributed by atoms with Crippen molar-refractivity contribution in [1.29, 1.82) is 0 Å². The Labute approximate surface area is 118 Å². The summed E-state index contributed by atoms with van der Waals surface area (Å²) in [6.07, 6.45) is 0.0369. The van der Waals surface area contributed by atoms with Crippen LogP contribution in [0.1, 0.15) is 17.2 Å². The number of hydrogen-bond donors (Lipinski definition) is 1. The fourth-order valence-corrected chi connectivity index (χ4v) is 2.00. The van der Waals surface area contributed by atoms with E-state index in [1.807, 2.05) is 0 Å². The summed E-state index contributed by atoms with van der Waals surface area (Å²) in [5, 5.41) is -0.341. The molecule has 1 atom stereocenters. The lowest BCUT2D eigenvalue weighted by Crippen LogP contribution is -2.15. The summed E-state index contributed by atoms with van der Waals surface area (Å²) in [5.74, 6) is -3.53. The van der Waals surface area contributed by atoms with Gasteiger partial charge >= 0.3 is 0 Å². The lowest BCUT2D eigenvalue weighted by molar-refractivity contribution is 0.505. The molecule has 6 heteroatoms. The number of benzene rings is 2. The second-order valence-corrected chi connectivity index (χ2v) is 4.75. The van der Waals surface area contributed by atoms with Crippen LogP contribution in [0, 0.1) is 23.3 Å². The quantitative estimate of drug-likeness (QED) is 0.669. The first-order chi connectivity index (χ1) is 9.38.